The number of hydrogen-bond acceptors (Lipinski definition) is 7. The Bertz CT molecular complexity index is 459. The molecule has 0 aliphatic rings. The fraction of sp³-hybridized carbons (Fsp3) is 0.857. The van der Waals surface area contributed by atoms with Crippen molar-refractivity contribution in [2.24, 2.45) is 0 Å². The van der Waals surface area contributed by atoms with Gasteiger partial charge < -0.3 is 20.2 Å². The topological polar surface area (TPSA) is 77.4 Å². The van der Waals surface area contributed by atoms with Crippen LogP contribution in [0.15, 0.2) is 0 Å². The standard InChI is InChI=1S/C21H42N6O/c1-5-9-14-26(15-10-6-2)20-23-19(22-13-18-28)24-21(25-20)27(16-11-7-3)17-12-8-4/h28H,5-18H2,1-4H3,(H,22,23,24,25). The minimum Gasteiger partial charge on any atom is -0.395 e. The minimum atomic E-state index is 0.0567. The molecular formula is C21H42N6O. The Morgan fingerprint density at radius 2 is 1.07 bits per heavy atom. The summed E-state index contributed by atoms with van der Waals surface area (Å²) in [5.41, 5.74) is 0. The Balaban J connectivity index is 3.18. The summed E-state index contributed by atoms with van der Waals surface area (Å²) in [7, 11) is 0. The smallest absolute Gasteiger partial charge is 0.231 e. The lowest BCUT2D eigenvalue weighted by molar-refractivity contribution is 0.311. The number of aliphatic hydroxyl groups is 1. The molecule has 0 bridgehead atoms. The maximum atomic E-state index is 9.19. The Labute approximate surface area is 172 Å². The van der Waals surface area contributed by atoms with E-state index in [1.807, 2.05) is 0 Å². The number of anilines is 3. The SMILES string of the molecule is CCCCN(CCCC)c1nc(NCCO)nc(N(CCCC)CCCC)n1. The average Bonchev–Trinajstić information content (AvgIpc) is 2.72. The Kier molecular flexibility index (Phi) is 13.3. The lowest BCUT2D eigenvalue weighted by Gasteiger charge is -2.26. The molecule has 28 heavy (non-hydrogen) atoms. The van der Waals surface area contributed by atoms with Crippen LogP contribution < -0.4 is 15.1 Å². The molecule has 1 rings (SSSR count). The Morgan fingerprint density at radius 3 is 1.39 bits per heavy atom. The zero-order valence-electron chi connectivity index (χ0n) is 18.6. The van der Waals surface area contributed by atoms with Crippen molar-refractivity contribution in [3.8, 4) is 0 Å². The number of rotatable bonds is 17. The van der Waals surface area contributed by atoms with Crippen molar-refractivity contribution in [2.45, 2.75) is 79.1 Å². The molecule has 0 amide bonds. The van der Waals surface area contributed by atoms with Gasteiger partial charge in [0.15, 0.2) is 0 Å². The van der Waals surface area contributed by atoms with Crippen LogP contribution in [0.2, 0.25) is 0 Å². The quantitative estimate of drug-likeness (QED) is 0.412. The van der Waals surface area contributed by atoms with Gasteiger partial charge in [-0.1, -0.05) is 53.4 Å². The first-order chi connectivity index (χ1) is 13.7. The van der Waals surface area contributed by atoms with Crippen LogP contribution in [0.1, 0.15) is 79.1 Å². The van der Waals surface area contributed by atoms with Gasteiger partial charge in [0.05, 0.1) is 6.61 Å². The number of unbranched alkanes of at least 4 members (excludes halogenated alkanes) is 4. The summed E-state index contributed by atoms with van der Waals surface area (Å²) >= 11 is 0. The van der Waals surface area contributed by atoms with Crippen molar-refractivity contribution in [3.05, 3.63) is 0 Å². The van der Waals surface area contributed by atoms with E-state index in [0.29, 0.717) is 12.5 Å². The van der Waals surface area contributed by atoms with Crippen molar-refractivity contribution in [1.29, 1.82) is 0 Å². The molecule has 0 aromatic carbocycles. The van der Waals surface area contributed by atoms with Crippen LogP contribution in [0.4, 0.5) is 17.8 Å². The molecule has 162 valence electrons. The third kappa shape index (κ3) is 9.04. The maximum Gasteiger partial charge on any atom is 0.231 e. The zero-order chi connectivity index (χ0) is 20.6. The largest absolute Gasteiger partial charge is 0.395 e. The van der Waals surface area contributed by atoms with E-state index in [2.05, 4.69) is 52.8 Å². The third-order valence-electron chi connectivity index (χ3n) is 4.70. The number of hydrogen-bond donors (Lipinski definition) is 2. The van der Waals surface area contributed by atoms with E-state index in [4.69, 9.17) is 4.98 Å². The fourth-order valence-electron chi connectivity index (χ4n) is 2.90. The highest BCUT2D eigenvalue weighted by atomic mass is 16.3. The number of aromatic nitrogens is 3. The second-order valence-corrected chi connectivity index (χ2v) is 7.30. The van der Waals surface area contributed by atoms with Gasteiger partial charge in [0.1, 0.15) is 0 Å². The zero-order valence-corrected chi connectivity index (χ0v) is 18.6. The van der Waals surface area contributed by atoms with Gasteiger partial charge in [0.25, 0.3) is 0 Å². The van der Waals surface area contributed by atoms with Gasteiger partial charge >= 0.3 is 0 Å². The van der Waals surface area contributed by atoms with E-state index < -0.39 is 0 Å². The van der Waals surface area contributed by atoms with Gasteiger partial charge in [-0.3, -0.25) is 0 Å². The molecule has 0 unspecified atom stereocenters. The molecule has 0 saturated heterocycles. The monoisotopic (exact) mass is 394 g/mol. The number of aliphatic hydroxyl groups excluding tert-OH is 1. The van der Waals surface area contributed by atoms with Crippen LogP contribution in [0.5, 0.6) is 0 Å². The highest BCUT2D eigenvalue weighted by Gasteiger charge is 2.17. The van der Waals surface area contributed by atoms with Gasteiger partial charge in [-0.05, 0) is 25.7 Å². The first-order valence-corrected chi connectivity index (χ1v) is 11.3. The van der Waals surface area contributed by atoms with E-state index in [1.54, 1.807) is 0 Å². The van der Waals surface area contributed by atoms with Crippen LogP contribution in [0.25, 0.3) is 0 Å². The summed E-state index contributed by atoms with van der Waals surface area (Å²) in [5, 5.41) is 12.3. The van der Waals surface area contributed by atoms with Crippen molar-refractivity contribution in [2.75, 3.05) is 54.4 Å². The van der Waals surface area contributed by atoms with Crippen molar-refractivity contribution < 1.29 is 5.11 Å². The molecule has 0 aliphatic carbocycles. The van der Waals surface area contributed by atoms with Crippen molar-refractivity contribution in [1.82, 2.24) is 15.0 Å². The molecule has 0 fully saturated rings. The van der Waals surface area contributed by atoms with E-state index >= 15 is 0 Å². The summed E-state index contributed by atoms with van der Waals surface area (Å²) in [6, 6.07) is 0. The molecule has 0 saturated carbocycles. The maximum absolute atomic E-state index is 9.19. The normalized spacial score (nSPS) is 10.9. The number of nitrogens with one attached hydrogen (secondary N) is 1. The van der Waals surface area contributed by atoms with Crippen LogP contribution in [-0.2, 0) is 0 Å². The van der Waals surface area contributed by atoms with Crippen molar-refractivity contribution in [3.63, 3.8) is 0 Å². The summed E-state index contributed by atoms with van der Waals surface area (Å²) in [5.74, 6) is 2.07. The summed E-state index contributed by atoms with van der Waals surface area (Å²) in [6.07, 6.45) is 9.09. The summed E-state index contributed by atoms with van der Waals surface area (Å²) < 4.78 is 0. The predicted octanol–water partition coefficient (Wildman–Crippen LogP) is 4.09. The average molecular weight is 395 g/mol. The molecule has 0 spiro atoms. The Hall–Kier alpha value is -1.63. The second-order valence-electron chi connectivity index (χ2n) is 7.30. The van der Waals surface area contributed by atoms with Gasteiger partial charge in [-0.15, -0.1) is 0 Å². The first-order valence-electron chi connectivity index (χ1n) is 11.3. The van der Waals surface area contributed by atoms with Gasteiger partial charge in [-0.2, -0.15) is 15.0 Å². The summed E-state index contributed by atoms with van der Waals surface area (Å²) in [4.78, 5) is 18.8. The van der Waals surface area contributed by atoms with E-state index in [0.717, 1.165) is 89.4 Å². The molecule has 1 heterocycles. The van der Waals surface area contributed by atoms with Gasteiger partial charge in [0, 0.05) is 32.7 Å². The third-order valence-corrected chi connectivity index (χ3v) is 4.70. The van der Waals surface area contributed by atoms with Crippen LogP contribution in [0.3, 0.4) is 0 Å². The van der Waals surface area contributed by atoms with Crippen LogP contribution in [0, 0.1) is 0 Å². The van der Waals surface area contributed by atoms with Crippen LogP contribution >= 0.6 is 0 Å². The highest BCUT2D eigenvalue weighted by molar-refractivity contribution is 5.45. The van der Waals surface area contributed by atoms with Crippen LogP contribution in [-0.4, -0.2) is 59.4 Å². The molecule has 2 N–H and O–H groups in total. The highest BCUT2D eigenvalue weighted by Crippen LogP contribution is 2.19. The first kappa shape index (κ1) is 24.4. The van der Waals surface area contributed by atoms with Gasteiger partial charge in [-0.25, -0.2) is 0 Å². The second kappa shape index (κ2) is 15.3. The summed E-state index contributed by atoms with van der Waals surface area (Å²) in [6.45, 7) is 13.2. The molecule has 7 nitrogen and oxygen atoms in total. The van der Waals surface area contributed by atoms with E-state index in [-0.39, 0.29) is 6.61 Å². The molecule has 1 aromatic heterocycles. The molecule has 0 atom stereocenters. The lowest BCUT2D eigenvalue weighted by atomic mass is 10.2. The molecule has 0 radical (unpaired) electrons. The fourth-order valence-corrected chi connectivity index (χ4v) is 2.90. The van der Waals surface area contributed by atoms with E-state index in [9.17, 15) is 5.11 Å². The van der Waals surface area contributed by atoms with Crippen molar-refractivity contribution >= 4 is 17.8 Å². The van der Waals surface area contributed by atoms with Gasteiger partial charge in [0.2, 0.25) is 17.8 Å². The predicted molar refractivity (Wildman–Crippen MR) is 119 cm³/mol. The Morgan fingerprint density at radius 1 is 0.679 bits per heavy atom. The lowest BCUT2D eigenvalue weighted by Crippen LogP contribution is -2.32. The molecule has 7 heteroatoms. The molecule has 1 aromatic rings. The number of nitrogens with zero attached hydrogens (tertiary/aromatic N) is 5. The minimum absolute atomic E-state index is 0.0567. The molecule has 0 aliphatic heterocycles. The molecular weight excluding hydrogens is 352 g/mol. The van der Waals surface area contributed by atoms with E-state index in [1.165, 1.54) is 0 Å².